The van der Waals surface area contributed by atoms with Gasteiger partial charge in [-0.05, 0) is 138 Å². The molecule has 5 aromatic carbocycles. The van der Waals surface area contributed by atoms with Crippen LogP contribution in [0.4, 0.5) is 17.5 Å². The monoisotopic (exact) mass is 1160 g/mol. The molecule has 0 radical (unpaired) electrons. The minimum absolute atomic E-state index is 0.0666. The van der Waals surface area contributed by atoms with Crippen LogP contribution in [0.5, 0.6) is 0 Å². The van der Waals surface area contributed by atoms with E-state index in [-0.39, 0.29) is 20.5 Å². The van der Waals surface area contributed by atoms with Gasteiger partial charge in [-0.1, -0.05) is 139 Å². The minimum atomic E-state index is -2.22. The summed E-state index contributed by atoms with van der Waals surface area (Å²) in [6.07, 6.45) is 6.20. The summed E-state index contributed by atoms with van der Waals surface area (Å²) >= 11 is 0. The number of hydrogen-bond acceptors (Lipinski definition) is 7. The average Bonchev–Trinajstić information content (AvgIpc) is 1.71. The van der Waals surface area contributed by atoms with Gasteiger partial charge in [0.05, 0.1) is 56.0 Å². The number of para-hydroxylation sites is 2. The molecule has 12 aromatic rings. The van der Waals surface area contributed by atoms with Crippen molar-refractivity contribution in [2.75, 3.05) is 14.4 Å². The summed E-state index contributed by atoms with van der Waals surface area (Å²) in [6.45, 7) is 17.6. The molecule has 0 saturated carbocycles. The molecular weight excluding hydrogens is 1080 g/mol. The van der Waals surface area contributed by atoms with Crippen molar-refractivity contribution in [2.45, 2.75) is 68.9 Å². The molecule has 0 bridgehead atoms. The summed E-state index contributed by atoms with van der Waals surface area (Å²) < 4.78 is 49.2. The van der Waals surface area contributed by atoms with Gasteiger partial charge in [0.15, 0.2) is 10.8 Å². The quantitative estimate of drug-likeness (QED) is 0.121. The summed E-state index contributed by atoms with van der Waals surface area (Å²) in [7, 11) is 6.14. The van der Waals surface area contributed by atoms with Gasteiger partial charge in [0.1, 0.15) is 28.0 Å². The van der Waals surface area contributed by atoms with Crippen molar-refractivity contribution in [1.82, 2.24) is 4.98 Å². The lowest BCUT2D eigenvalue weighted by Crippen LogP contribution is -2.50. The van der Waals surface area contributed by atoms with Gasteiger partial charge in [-0.25, -0.2) is 18.7 Å². The number of rotatable bonds is 6. The third-order valence-electron chi connectivity index (χ3n) is 17.7. The molecule has 432 valence electrons. The van der Waals surface area contributed by atoms with Crippen molar-refractivity contribution < 1.29 is 31.1 Å². The van der Waals surface area contributed by atoms with E-state index in [0.29, 0.717) is 16.8 Å². The van der Waals surface area contributed by atoms with E-state index in [1.54, 1.807) is 6.20 Å². The molecule has 0 fully saturated rings. The number of pyridine rings is 4. The number of anilines is 3. The standard InChI is InChI=1S/C25H25BN3O.2C25H24BN2O/c1-16-13-23(28(5)15-21(16)19-9-7-6-8-10-19)29-18(3)24-20-12-11-17(2)27-25(20)30-22(24)14-26(29)4;1-17-16-27(4)24(14-21(17)19-10-6-5-7-11-19)28-18(2)25-22(15-26(28)3)20-12-8-9-13-23(20)29-25;1-17-14-24(27(4)16-22(17)19-10-6-5-7-11-19)28-18(2)25-21(15-26(28)3)20-12-8-9-13-23(20)29-25/h6-15H,1-5H3;2*5-16H,1-4H3/q3*+1/i;1D3;. The predicted molar refractivity (Wildman–Crippen MR) is 365 cm³/mol. The molecular formula is C75H73B3N7O3+3. The molecule has 10 nitrogen and oxygen atoms in total. The highest BCUT2D eigenvalue weighted by molar-refractivity contribution is 6.78. The molecule has 10 heterocycles. The fourth-order valence-electron chi connectivity index (χ4n) is 13.4. The summed E-state index contributed by atoms with van der Waals surface area (Å²) in [5.41, 5.74) is 19.0. The molecule has 0 saturated heterocycles. The highest BCUT2D eigenvalue weighted by Gasteiger charge is 2.37. The van der Waals surface area contributed by atoms with Crippen molar-refractivity contribution in [3.63, 3.8) is 0 Å². The second-order valence-corrected chi connectivity index (χ2v) is 23.8. The molecule has 0 N–H and O–H groups in total. The molecule has 7 aromatic heterocycles. The van der Waals surface area contributed by atoms with Crippen LogP contribution in [0.1, 0.15) is 47.3 Å². The largest absolute Gasteiger partial charge is 0.452 e. The normalized spacial score (nSPS) is 14.2. The number of aryl methyl sites for hydroxylation is 7. The minimum Gasteiger partial charge on any atom is -0.452 e. The number of nitrogens with zero attached hydrogens (tertiary/aromatic N) is 7. The zero-order valence-corrected chi connectivity index (χ0v) is 52.2. The first kappa shape index (κ1) is 53.6. The Labute approximate surface area is 520 Å². The zero-order valence-electron chi connectivity index (χ0n) is 55.2. The molecule has 0 unspecified atom stereocenters. The molecule has 0 spiro atoms. The first-order valence-electron chi connectivity index (χ1n) is 31.8. The van der Waals surface area contributed by atoms with Crippen LogP contribution in [0.3, 0.4) is 0 Å². The van der Waals surface area contributed by atoms with Crippen molar-refractivity contribution in [3.8, 4) is 33.4 Å². The van der Waals surface area contributed by atoms with Crippen LogP contribution in [0.15, 0.2) is 202 Å². The fraction of sp³-hybridized carbons (Fsp3) is 0.173. The lowest BCUT2D eigenvalue weighted by atomic mass is 9.60. The molecule has 0 aliphatic carbocycles. The van der Waals surface area contributed by atoms with Gasteiger partial charge in [-0.15, -0.1) is 0 Å². The summed E-state index contributed by atoms with van der Waals surface area (Å²) in [6, 6.07) is 57.9. The van der Waals surface area contributed by atoms with Crippen LogP contribution in [0, 0.1) is 27.6 Å². The van der Waals surface area contributed by atoms with E-state index < -0.39 is 6.85 Å². The second kappa shape index (κ2) is 23.1. The SMILES string of the molecule is CB1C=c2c(oc3ccccc23)=C(C)N1c1cc(C)c(-c2ccccc2)c[n+]1C.CB1C=c2oc3nc(C)ccc3c2=C(C)N1c1cc(C)c(-c2ccccc2)c[n+]1C.[2H]C([2H])([2H])c1c[n+](C)c(N2B(C)C=c3c(oc4ccccc34)=C2C)cc1-c1ccccc1. The Morgan fingerprint density at radius 1 is 0.420 bits per heavy atom. The highest BCUT2D eigenvalue weighted by Crippen LogP contribution is 2.32. The zero-order chi connectivity index (χ0) is 63.7. The smallest absolute Gasteiger partial charge is 0.405 e. The Kier molecular flexibility index (Phi) is 14.1. The van der Waals surface area contributed by atoms with Gasteiger partial charge >= 0.3 is 20.5 Å². The van der Waals surface area contributed by atoms with Crippen molar-refractivity contribution in [3.05, 3.63) is 243 Å². The van der Waals surface area contributed by atoms with Gasteiger partial charge in [0.25, 0.3) is 17.5 Å². The van der Waals surface area contributed by atoms with Gasteiger partial charge < -0.3 is 13.3 Å². The van der Waals surface area contributed by atoms with Crippen LogP contribution in [0.25, 0.3) is 101 Å². The molecule has 0 atom stereocenters. The molecule has 88 heavy (non-hydrogen) atoms. The van der Waals surface area contributed by atoms with Gasteiger partial charge in [-0.2, -0.15) is 0 Å². The number of fused-ring (bicyclic) bond motifs is 9. The van der Waals surface area contributed by atoms with Gasteiger partial charge in [0, 0.05) is 60.3 Å². The van der Waals surface area contributed by atoms with Crippen LogP contribution in [0.2, 0.25) is 20.5 Å². The molecule has 3 aliphatic heterocycles. The molecule has 13 heteroatoms. The highest BCUT2D eigenvalue weighted by atomic mass is 16.3. The van der Waals surface area contributed by atoms with E-state index >= 15 is 0 Å². The summed E-state index contributed by atoms with van der Waals surface area (Å²) in [5.74, 6) is 9.95. The summed E-state index contributed by atoms with van der Waals surface area (Å²) in [4.78, 5) is 11.6. The van der Waals surface area contributed by atoms with E-state index in [1.807, 2.05) is 91.3 Å². The number of aromatic nitrogens is 4. The van der Waals surface area contributed by atoms with Crippen molar-refractivity contribution in [2.24, 2.45) is 21.1 Å². The van der Waals surface area contributed by atoms with Crippen LogP contribution >= 0.6 is 0 Å². The van der Waals surface area contributed by atoms with Gasteiger partial charge in [-0.3, -0.25) is 14.4 Å². The Bertz CT molecular complexity index is 5270. The van der Waals surface area contributed by atoms with Crippen molar-refractivity contribution >= 4 is 106 Å². The topological polar surface area (TPSA) is 73.7 Å². The maximum atomic E-state index is 8.09. The first-order valence-corrected chi connectivity index (χ1v) is 30.3. The predicted octanol–water partition coefficient (Wildman–Crippen LogP) is 11.2. The van der Waals surface area contributed by atoms with Crippen LogP contribution in [-0.4, -0.2) is 25.5 Å². The maximum absolute atomic E-state index is 8.09. The van der Waals surface area contributed by atoms with E-state index in [2.05, 4.69) is 225 Å². The van der Waals surface area contributed by atoms with E-state index in [4.69, 9.17) is 17.4 Å². The fourth-order valence-corrected chi connectivity index (χ4v) is 13.4. The Morgan fingerprint density at radius 3 is 1.33 bits per heavy atom. The first-order chi connectivity index (χ1) is 43.7. The number of furan rings is 3. The third-order valence-corrected chi connectivity index (χ3v) is 17.7. The molecule has 3 aliphatic rings. The Morgan fingerprint density at radius 2 is 0.841 bits per heavy atom. The Balaban J connectivity index is 0.000000125. The van der Waals surface area contributed by atoms with E-state index in [0.717, 1.165) is 88.7 Å². The van der Waals surface area contributed by atoms with E-state index in [9.17, 15) is 0 Å². The second-order valence-electron chi connectivity index (χ2n) is 23.8. The molecule has 0 amide bonds. The van der Waals surface area contributed by atoms with Gasteiger partial charge in [0.2, 0.25) is 5.71 Å². The molecule has 15 rings (SSSR count). The van der Waals surface area contributed by atoms with Crippen LogP contribution < -0.4 is 60.0 Å². The van der Waals surface area contributed by atoms with Crippen molar-refractivity contribution in [1.29, 1.82) is 0 Å². The number of benzene rings is 5. The van der Waals surface area contributed by atoms with E-state index in [1.165, 1.54) is 49.7 Å². The lowest BCUT2D eigenvalue weighted by Gasteiger charge is -2.24. The Hall–Kier alpha value is -9.87. The maximum Gasteiger partial charge on any atom is 0.405 e. The third kappa shape index (κ3) is 10.2. The summed E-state index contributed by atoms with van der Waals surface area (Å²) in [5, 5.41) is 6.84. The lowest BCUT2D eigenvalue weighted by molar-refractivity contribution is -0.658. The number of hydrogen-bond donors (Lipinski definition) is 0. The average molecular weight is 1160 g/mol. The van der Waals surface area contributed by atoms with Crippen LogP contribution in [-0.2, 0) is 21.1 Å².